The van der Waals surface area contributed by atoms with E-state index >= 15 is 0 Å². The third-order valence-corrected chi connectivity index (χ3v) is 5.99. The van der Waals surface area contributed by atoms with E-state index < -0.39 is 36.2 Å². The summed E-state index contributed by atoms with van der Waals surface area (Å²) in [5.41, 5.74) is 0.336. The first-order valence-corrected chi connectivity index (χ1v) is 14.0. The van der Waals surface area contributed by atoms with Crippen LogP contribution in [0.2, 0.25) is 0 Å². The van der Waals surface area contributed by atoms with Crippen LogP contribution in [0.3, 0.4) is 0 Å². The Labute approximate surface area is 238 Å². The van der Waals surface area contributed by atoms with Gasteiger partial charge in [0.1, 0.15) is 12.1 Å². The fourth-order valence-electron chi connectivity index (χ4n) is 3.67. The maximum atomic E-state index is 12.7. The Morgan fingerprint density at radius 2 is 1.45 bits per heavy atom. The summed E-state index contributed by atoms with van der Waals surface area (Å²) in [5.74, 6) is -2.54. The highest BCUT2D eigenvalue weighted by Gasteiger charge is 2.24. The molecule has 0 bridgehead atoms. The number of benzene rings is 1. The Morgan fingerprint density at radius 3 is 1.95 bits per heavy atom. The van der Waals surface area contributed by atoms with E-state index in [4.69, 9.17) is 18.9 Å². The molecule has 0 spiro atoms. The lowest BCUT2D eigenvalue weighted by atomic mass is 9.99. The Kier molecular flexibility index (Phi) is 14.7. The number of hydrogen-bond acceptors (Lipinski definition) is 9. The van der Waals surface area contributed by atoms with E-state index in [1.54, 1.807) is 26.8 Å². The van der Waals surface area contributed by atoms with Crippen LogP contribution in [0.15, 0.2) is 18.2 Å². The second kappa shape index (κ2) is 16.8. The van der Waals surface area contributed by atoms with Gasteiger partial charge in [-0.3, -0.25) is 14.4 Å². The fraction of sp³-hybridized carbons (Fsp3) is 0.667. The number of carboxylic acids is 1. The number of carboxylic acid groups (broad SMARTS) is 1. The Bertz CT molecular complexity index is 986. The van der Waals surface area contributed by atoms with E-state index in [-0.39, 0.29) is 48.3 Å². The van der Waals surface area contributed by atoms with Crippen LogP contribution in [0.1, 0.15) is 86.6 Å². The fourth-order valence-corrected chi connectivity index (χ4v) is 3.67. The highest BCUT2D eigenvalue weighted by atomic mass is 16.7. The predicted octanol–water partition coefficient (Wildman–Crippen LogP) is 5.54. The van der Waals surface area contributed by atoms with E-state index in [2.05, 4.69) is 5.32 Å². The lowest BCUT2D eigenvalue weighted by molar-refractivity contribution is -0.141. The third-order valence-electron chi connectivity index (χ3n) is 5.99. The molecule has 40 heavy (non-hydrogen) atoms. The highest BCUT2D eigenvalue weighted by molar-refractivity contribution is 5.78. The van der Waals surface area contributed by atoms with Crippen molar-refractivity contribution in [3.63, 3.8) is 0 Å². The lowest BCUT2D eigenvalue weighted by Crippen LogP contribution is -2.42. The van der Waals surface area contributed by atoms with Crippen LogP contribution in [-0.4, -0.2) is 54.5 Å². The zero-order chi connectivity index (χ0) is 30.5. The monoisotopic (exact) mass is 565 g/mol. The van der Waals surface area contributed by atoms with Gasteiger partial charge in [-0.05, 0) is 49.3 Å². The van der Waals surface area contributed by atoms with Gasteiger partial charge < -0.3 is 29.4 Å². The number of hydrogen-bond donors (Lipinski definition) is 2. The molecule has 2 N–H and O–H groups in total. The van der Waals surface area contributed by atoms with Crippen LogP contribution in [0.4, 0.5) is 4.79 Å². The molecule has 10 nitrogen and oxygen atoms in total. The molecule has 3 unspecified atom stereocenters. The Hall–Kier alpha value is -3.14. The summed E-state index contributed by atoms with van der Waals surface area (Å²) in [6.07, 6.45) is 1.48. The SMILES string of the molecule is CCCC(C)C(=O)Oc1ccc(C[C@H](NCC(C)OC(=O)OCC(C)(C)C)C(=O)O)cc1OC(=O)C(C)CCC. The first-order chi connectivity index (χ1) is 18.7. The predicted molar refractivity (Wildman–Crippen MR) is 150 cm³/mol. The molecule has 0 amide bonds. The van der Waals surface area contributed by atoms with Crippen LogP contribution in [0, 0.1) is 17.3 Å². The van der Waals surface area contributed by atoms with Crippen molar-refractivity contribution in [2.75, 3.05) is 13.2 Å². The number of carbonyl (C=O) groups is 4. The summed E-state index contributed by atoms with van der Waals surface area (Å²) in [5, 5.41) is 12.7. The standard InChI is InChI=1S/C30H47NO9/c1-9-11-19(3)27(34)39-24-14-13-22(16-25(24)40-28(35)20(4)12-10-2)15-23(26(32)33)31-17-21(5)38-29(36)37-18-30(6,7)8/h13-14,16,19-21,23,31H,9-12,15,17-18H2,1-8H3,(H,32,33)/t19?,20?,21?,23-/m0/s1. The van der Waals surface area contributed by atoms with Crippen molar-refractivity contribution in [3.05, 3.63) is 23.8 Å². The number of rotatable bonds is 16. The summed E-state index contributed by atoms with van der Waals surface area (Å²) in [7, 11) is 0. The molecule has 0 aliphatic rings. The van der Waals surface area contributed by atoms with E-state index in [0.717, 1.165) is 12.8 Å². The van der Waals surface area contributed by atoms with Gasteiger partial charge in [0.25, 0.3) is 0 Å². The normalized spacial score (nSPS) is 14.4. The first-order valence-electron chi connectivity index (χ1n) is 14.0. The molecular weight excluding hydrogens is 518 g/mol. The minimum atomic E-state index is -1.11. The molecule has 0 saturated carbocycles. The molecule has 1 aromatic carbocycles. The van der Waals surface area contributed by atoms with Crippen LogP contribution in [0.5, 0.6) is 11.5 Å². The van der Waals surface area contributed by atoms with Crippen molar-refractivity contribution >= 4 is 24.1 Å². The molecule has 0 aromatic heterocycles. The second-order valence-corrected chi connectivity index (χ2v) is 11.5. The molecule has 10 heteroatoms. The van der Waals surface area contributed by atoms with Gasteiger partial charge in [-0.25, -0.2) is 4.79 Å². The van der Waals surface area contributed by atoms with Crippen LogP contribution >= 0.6 is 0 Å². The van der Waals surface area contributed by atoms with Crippen LogP contribution < -0.4 is 14.8 Å². The number of carbonyl (C=O) groups excluding carboxylic acids is 3. The molecule has 1 rings (SSSR count). The number of ether oxygens (including phenoxy) is 4. The minimum absolute atomic E-state index is 0.0338. The molecule has 4 atom stereocenters. The van der Waals surface area contributed by atoms with Gasteiger partial charge in [-0.15, -0.1) is 0 Å². The van der Waals surface area contributed by atoms with Crippen molar-refractivity contribution in [2.24, 2.45) is 17.3 Å². The van der Waals surface area contributed by atoms with Crippen LogP contribution in [0.25, 0.3) is 0 Å². The average molecular weight is 566 g/mol. The van der Waals surface area contributed by atoms with E-state index in [9.17, 15) is 24.3 Å². The summed E-state index contributed by atoms with van der Waals surface area (Å²) >= 11 is 0. The van der Waals surface area contributed by atoms with E-state index in [1.807, 2.05) is 34.6 Å². The van der Waals surface area contributed by atoms with Gasteiger partial charge in [0.2, 0.25) is 0 Å². The lowest BCUT2D eigenvalue weighted by Gasteiger charge is -2.21. The van der Waals surface area contributed by atoms with Gasteiger partial charge in [0, 0.05) is 6.54 Å². The Morgan fingerprint density at radius 1 is 0.900 bits per heavy atom. The average Bonchev–Trinajstić information content (AvgIpc) is 2.86. The zero-order valence-electron chi connectivity index (χ0n) is 25.2. The zero-order valence-corrected chi connectivity index (χ0v) is 25.2. The molecule has 0 heterocycles. The van der Waals surface area contributed by atoms with Gasteiger partial charge in [-0.1, -0.05) is 67.4 Å². The molecule has 0 aliphatic heterocycles. The number of aliphatic carboxylic acids is 1. The summed E-state index contributed by atoms with van der Waals surface area (Å²) in [4.78, 5) is 49.1. The van der Waals surface area contributed by atoms with Gasteiger partial charge in [0.15, 0.2) is 11.5 Å². The quantitative estimate of drug-likeness (QED) is 0.194. The van der Waals surface area contributed by atoms with Gasteiger partial charge in [-0.2, -0.15) is 0 Å². The molecule has 0 fully saturated rings. The molecule has 0 aliphatic carbocycles. The van der Waals surface area contributed by atoms with Crippen molar-refractivity contribution < 1.29 is 43.2 Å². The highest BCUT2D eigenvalue weighted by Crippen LogP contribution is 2.31. The molecule has 0 radical (unpaired) electrons. The number of esters is 2. The van der Waals surface area contributed by atoms with Gasteiger partial charge in [0.05, 0.1) is 18.4 Å². The van der Waals surface area contributed by atoms with Crippen molar-refractivity contribution in [1.82, 2.24) is 5.32 Å². The number of nitrogens with one attached hydrogen (secondary N) is 1. The van der Waals surface area contributed by atoms with E-state index in [0.29, 0.717) is 18.4 Å². The summed E-state index contributed by atoms with van der Waals surface area (Å²) in [6.45, 7) is 15.1. The maximum Gasteiger partial charge on any atom is 0.508 e. The Balaban J connectivity index is 3.01. The van der Waals surface area contributed by atoms with Crippen molar-refractivity contribution in [2.45, 2.75) is 99.6 Å². The molecular formula is C30H47NO9. The van der Waals surface area contributed by atoms with Gasteiger partial charge >= 0.3 is 24.1 Å². The molecule has 0 saturated heterocycles. The molecule has 1 aromatic rings. The summed E-state index contributed by atoms with van der Waals surface area (Å²) in [6, 6.07) is 3.62. The van der Waals surface area contributed by atoms with E-state index in [1.165, 1.54) is 12.1 Å². The topological polar surface area (TPSA) is 137 Å². The van der Waals surface area contributed by atoms with Crippen LogP contribution in [-0.2, 0) is 30.3 Å². The third kappa shape index (κ3) is 13.3. The van der Waals surface area contributed by atoms with Crippen molar-refractivity contribution in [1.29, 1.82) is 0 Å². The largest absolute Gasteiger partial charge is 0.508 e. The van der Waals surface area contributed by atoms with Crippen molar-refractivity contribution in [3.8, 4) is 11.5 Å². The summed E-state index contributed by atoms with van der Waals surface area (Å²) < 4.78 is 21.5. The first kappa shape index (κ1) is 34.9. The second-order valence-electron chi connectivity index (χ2n) is 11.5. The molecule has 226 valence electrons. The minimum Gasteiger partial charge on any atom is -0.480 e. The maximum absolute atomic E-state index is 12.7. The smallest absolute Gasteiger partial charge is 0.480 e.